The molecule has 4 nitrogen and oxygen atoms in total. The standard InChI is InChI=1S/C9H5ClF3NO3S/c1-5-6(4-14)2-3-7(17-9(11,12)13)8(5)18(10,15)16/h2-3H,1H3. The fraction of sp³-hybridized carbons (Fsp3) is 0.222. The van der Waals surface area contributed by atoms with Crippen LogP contribution in [0.5, 0.6) is 5.75 Å². The van der Waals surface area contributed by atoms with E-state index in [9.17, 15) is 21.6 Å². The Bertz CT molecular complexity index is 619. The van der Waals surface area contributed by atoms with Gasteiger partial charge in [0.05, 0.1) is 11.6 Å². The number of hydrogen-bond acceptors (Lipinski definition) is 4. The minimum absolute atomic E-state index is 0.108. The molecular weight excluding hydrogens is 295 g/mol. The summed E-state index contributed by atoms with van der Waals surface area (Å²) >= 11 is 0. The number of nitriles is 1. The molecule has 18 heavy (non-hydrogen) atoms. The summed E-state index contributed by atoms with van der Waals surface area (Å²) in [5.74, 6) is -0.964. The molecule has 0 atom stereocenters. The fourth-order valence-electron chi connectivity index (χ4n) is 1.30. The Morgan fingerprint density at radius 3 is 2.33 bits per heavy atom. The van der Waals surface area contributed by atoms with Crippen LogP contribution in [0.1, 0.15) is 11.1 Å². The number of hydrogen-bond donors (Lipinski definition) is 0. The molecule has 0 aliphatic carbocycles. The molecule has 0 amide bonds. The van der Waals surface area contributed by atoms with Gasteiger partial charge < -0.3 is 4.74 Å². The molecule has 0 fully saturated rings. The first kappa shape index (κ1) is 14.6. The molecule has 0 aliphatic rings. The van der Waals surface area contributed by atoms with Crippen LogP contribution in [0.3, 0.4) is 0 Å². The largest absolute Gasteiger partial charge is 0.573 e. The van der Waals surface area contributed by atoms with Crippen molar-refractivity contribution in [1.29, 1.82) is 5.26 Å². The van der Waals surface area contributed by atoms with Crippen LogP contribution < -0.4 is 4.74 Å². The SMILES string of the molecule is Cc1c(C#N)ccc(OC(F)(F)F)c1S(=O)(=O)Cl. The molecule has 0 saturated carbocycles. The van der Waals surface area contributed by atoms with Crippen molar-refractivity contribution >= 4 is 19.7 Å². The van der Waals surface area contributed by atoms with E-state index in [-0.39, 0.29) is 11.1 Å². The lowest BCUT2D eigenvalue weighted by molar-refractivity contribution is -0.275. The van der Waals surface area contributed by atoms with E-state index in [0.717, 1.165) is 19.1 Å². The van der Waals surface area contributed by atoms with Crippen molar-refractivity contribution in [3.8, 4) is 11.8 Å². The summed E-state index contributed by atoms with van der Waals surface area (Å²) < 4.78 is 62.3. The number of nitrogens with zero attached hydrogens (tertiary/aromatic N) is 1. The van der Waals surface area contributed by atoms with Gasteiger partial charge in [-0.25, -0.2) is 8.42 Å². The van der Waals surface area contributed by atoms with E-state index in [4.69, 9.17) is 15.9 Å². The van der Waals surface area contributed by atoms with Crippen molar-refractivity contribution in [2.75, 3.05) is 0 Å². The minimum Gasteiger partial charge on any atom is -0.404 e. The summed E-state index contributed by atoms with van der Waals surface area (Å²) in [7, 11) is 0.569. The molecule has 0 bridgehead atoms. The molecule has 1 rings (SSSR count). The van der Waals surface area contributed by atoms with E-state index in [1.807, 2.05) is 0 Å². The number of ether oxygens (including phenoxy) is 1. The molecule has 0 heterocycles. The predicted molar refractivity (Wildman–Crippen MR) is 55.6 cm³/mol. The van der Waals surface area contributed by atoms with Gasteiger partial charge in [-0.2, -0.15) is 5.26 Å². The van der Waals surface area contributed by atoms with E-state index in [0.29, 0.717) is 0 Å². The third-order valence-electron chi connectivity index (χ3n) is 1.96. The van der Waals surface area contributed by atoms with Gasteiger partial charge in [0.2, 0.25) is 0 Å². The highest BCUT2D eigenvalue weighted by Gasteiger charge is 2.34. The zero-order valence-electron chi connectivity index (χ0n) is 8.75. The molecule has 0 aliphatic heterocycles. The highest BCUT2D eigenvalue weighted by molar-refractivity contribution is 8.13. The van der Waals surface area contributed by atoms with Crippen LogP contribution in [-0.4, -0.2) is 14.8 Å². The molecule has 0 unspecified atom stereocenters. The van der Waals surface area contributed by atoms with Gasteiger partial charge in [0.25, 0.3) is 9.05 Å². The van der Waals surface area contributed by atoms with Crippen molar-refractivity contribution in [1.82, 2.24) is 0 Å². The number of alkyl halides is 3. The number of halogens is 4. The lowest BCUT2D eigenvalue weighted by atomic mass is 10.1. The maximum absolute atomic E-state index is 12.1. The molecular formula is C9H5ClF3NO3S. The van der Waals surface area contributed by atoms with Gasteiger partial charge in [-0.15, -0.1) is 13.2 Å². The summed E-state index contributed by atoms with van der Waals surface area (Å²) in [6.45, 7) is 1.16. The molecule has 1 aromatic carbocycles. The average molecular weight is 300 g/mol. The Morgan fingerprint density at radius 1 is 1.39 bits per heavy atom. The van der Waals surface area contributed by atoms with E-state index in [2.05, 4.69) is 4.74 Å². The smallest absolute Gasteiger partial charge is 0.404 e. The first-order valence-corrected chi connectivity index (χ1v) is 6.61. The zero-order valence-corrected chi connectivity index (χ0v) is 10.3. The van der Waals surface area contributed by atoms with Gasteiger partial charge in [0.15, 0.2) is 0 Å². The Morgan fingerprint density at radius 2 is 1.94 bits per heavy atom. The van der Waals surface area contributed by atoms with Gasteiger partial charge in [0.1, 0.15) is 10.6 Å². The van der Waals surface area contributed by atoms with Gasteiger partial charge in [-0.1, -0.05) is 0 Å². The van der Waals surface area contributed by atoms with Crippen LogP contribution in [0.25, 0.3) is 0 Å². The second-order valence-corrected chi connectivity index (χ2v) is 5.67. The van der Waals surface area contributed by atoms with E-state index in [1.165, 1.54) is 0 Å². The minimum atomic E-state index is -5.06. The molecule has 0 N–H and O–H groups in total. The summed E-state index contributed by atoms with van der Waals surface area (Å²) in [6.07, 6.45) is -5.06. The van der Waals surface area contributed by atoms with Crippen LogP contribution in [0.4, 0.5) is 13.2 Å². The Balaban J connectivity index is 3.56. The third-order valence-corrected chi connectivity index (χ3v) is 3.42. The summed E-state index contributed by atoms with van der Waals surface area (Å²) in [5, 5.41) is 8.68. The highest BCUT2D eigenvalue weighted by Crippen LogP contribution is 2.35. The van der Waals surface area contributed by atoms with Crippen LogP contribution in [0, 0.1) is 18.3 Å². The maximum Gasteiger partial charge on any atom is 0.573 e. The number of benzene rings is 1. The Labute approximate surface area is 105 Å². The lowest BCUT2D eigenvalue weighted by Gasteiger charge is -2.13. The molecule has 0 aromatic heterocycles. The monoisotopic (exact) mass is 299 g/mol. The highest BCUT2D eigenvalue weighted by atomic mass is 35.7. The van der Waals surface area contributed by atoms with Crippen LogP contribution >= 0.6 is 10.7 Å². The van der Waals surface area contributed by atoms with E-state index in [1.54, 1.807) is 6.07 Å². The van der Waals surface area contributed by atoms with Gasteiger partial charge in [-0.3, -0.25) is 0 Å². The molecule has 9 heteroatoms. The molecule has 1 aromatic rings. The summed E-state index contributed by atoms with van der Waals surface area (Å²) in [4.78, 5) is -0.861. The van der Waals surface area contributed by atoms with Crippen LogP contribution in [0.2, 0.25) is 0 Å². The first-order valence-electron chi connectivity index (χ1n) is 4.30. The quantitative estimate of drug-likeness (QED) is 0.787. The molecule has 0 saturated heterocycles. The summed E-state index contributed by atoms with van der Waals surface area (Å²) in [6, 6.07) is 3.38. The topological polar surface area (TPSA) is 67.2 Å². The molecule has 0 spiro atoms. The zero-order chi connectivity index (χ0) is 14.1. The van der Waals surface area contributed by atoms with Crippen molar-refractivity contribution in [2.45, 2.75) is 18.2 Å². The van der Waals surface area contributed by atoms with Crippen molar-refractivity contribution in [3.05, 3.63) is 23.3 Å². The maximum atomic E-state index is 12.1. The molecule has 0 radical (unpaired) electrons. The number of rotatable bonds is 2. The lowest BCUT2D eigenvalue weighted by Crippen LogP contribution is -2.19. The van der Waals surface area contributed by atoms with E-state index < -0.39 is 26.1 Å². The second kappa shape index (κ2) is 4.66. The summed E-state index contributed by atoms with van der Waals surface area (Å²) in [5.41, 5.74) is -0.307. The van der Waals surface area contributed by atoms with Crippen molar-refractivity contribution in [3.63, 3.8) is 0 Å². The Hall–Kier alpha value is -1.46. The first-order chi connectivity index (χ1) is 8.06. The normalized spacial score (nSPS) is 12.0. The second-order valence-electron chi connectivity index (χ2n) is 3.16. The van der Waals surface area contributed by atoms with Gasteiger partial charge >= 0.3 is 6.36 Å². The van der Waals surface area contributed by atoms with Crippen LogP contribution in [-0.2, 0) is 9.05 Å². The molecule has 98 valence electrons. The predicted octanol–water partition coefficient (Wildman–Crippen LogP) is 2.69. The average Bonchev–Trinajstić information content (AvgIpc) is 2.13. The van der Waals surface area contributed by atoms with Crippen molar-refractivity contribution in [2.24, 2.45) is 0 Å². The Kier molecular flexibility index (Phi) is 3.78. The van der Waals surface area contributed by atoms with Crippen molar-refractivity contribution < 1.29 is 26.3 Å². The van der Waals surface area contributed by atoms with Gasteiger partial charge in [0, 0.05) is 10.7 Å². The third kappa shape index (κ3) is 3.27. The fourth-order valence-corrected chi connectivity index (χ4v) is 2.70. The van der Waals surface area contributed by atoms with Crippen LogP contribution in [0.15, 0.2) is 17.0 Å². The van der Waals surface area contributed by atoms with Gasteiger partial charge in [-0.05, 0) is 24.6 Å². The van der Waals surface area contributed by atoms with E-state index >= 15 is 0 Å².